The lowest BCUT2D eigenvalue weighted by Gasteiger charge is -2.15. The zero-order valence-corrected chi connectivity index (χ0v) is 20.0. The number of benzene rings is 2. The molecule has 0 radical (unpaired) electrons. The van der Waals surface area contributed by atoms with Crippen molar-refractivity contribution in [1.82, 2.24) is 20.3 Å². The molecule has 2 heterocycles. The molecule has 2 aromatic heterocycles. The summed E-state index contributed by atoms with van der Waals surface area (Å²) in [6.07, 6.45) is 2.87. The normalized spacial score (nSPS) is 10.6. The molecule has 12 nitrogen and oxygen atoms in total. The van der Waals surface area contributed by atoms with Crippen LogP contribution in [-0.2, 0) is 0 Å². The van der Waals surface area contributed by atoms with Crippen LogP contribution in [0.4, 0.5) is 11.4 Å². The van der Waals surface area contributed by atoms with Crippen molar-refractivity contribution < 1.29 is 29.0 Å². The Kier molecular flexibility index (Phi) is 6.82. The van der Waals surface area contributed by atoms with E-state index in [-0.39, 0.29) is 28.4 Å². The number of fused-ring (bicyclic) bond motifs is 1. The highest BCUT2D eigenvalue weighted by molar-refractivity contribution is 6.08. The third kappa shape index (κ3) is 4.93. The highest BCUT2D eigenvalue weighted by Crippen LogP contribution is 2.35. The Hall–Kier alpha value is -5.26. The van der Waals surface area contributed by atoms with Gasteiger partial charge in [0, 0.05) is 36.1 Å². The van der Waals surface area contributed by atoms with E-state index in [9.17, 15) is 19.5 Å². The fraction of sp³-hybridized carbons (Fsp3) is 0.120. The molecule has 0 bridgehead atoms. The van der Waals surface area contributed by atoms with E-state index in [1.165, 1.54) is 45.7 Å². The highest BCUT2D eigenvalue weighted by Gasteiger charge is 2.18. The Morgan fingerprint density at radius 1 is 0.973 bits per heavy atom. The van der Waals surface area contributed by atoms with Crippen molar-refractivity contribution in [3.63, 3.8) is 0 Å². The number of hydrogen-bond acceptors (Lipinski definition) is 9. The van der Waals surface area contributed by atoms with Gasteiger partial charge in [-0.2, -0.15) is 4.98 Å². The summed E-state index contributed by atoms with van der Waals surface area (Å²) in [5, 5.41) is 15.6. The zero-order chi connectivity index (χ0) is 26.7. The van der Waals surface area contributed by atoms with Crippen molar-refractivity contribution in [2.75, 3.05) is 26.6 Å². The molecule has 0 saturated heterocycles. The van der Waals surface area contributed by atoms with E-state index in [0.29, 0.717) is 33.6 Å². The number of carboxylic acids is 1. The summed E-state index contributed by atoms with van der Waals surface area (Å²) in [6, 6.07) is 9.45. The van der Waals surface area contributed by atoms with E-state index in [4.69, 9.17) is 15.2 Å². The number of carbonyl (C=O) groups is 3. The molecule has 12 heteroatoms. The minimum absolute atomic E-state index is 0.0767. The summed E-state index contributed by atoms with van der Waals surface area (Å²) in [5.74, 6) is -2.14. The number of nitrogens with zero attached hydrogens (tertiary/aromatic N) is 3. The maximum Gasteiger partial charge on any atom is 0.335 e. The van der Waals surface area contributed by atoms with Gasteiger partial charge in [-0.15, -0.1) is 0 Å². The molecule has 0 spiro atoms. The maximum atomic E-state index is 12.2. The van der Waals surface area contributed by atoms with Gasteiger partial charge in [0.05, 0.1) is 42.1 Å². The number of nitrogens with two attached hydrogens (primary N) is 1. The van der Waals surface area contributed by atoms with E-state index in [0.717, 1.165) is 0 Å². The maximum absolute atomic E-state index is 12.2. The molecule has 0 aliphatic carbocycles. The molecule has 0 atom stereocenters. The van der Waals surface area contributed by atoms with E-state index in [1.807, 2.05) is 0 Å². The number of ether oxygens (including phenoxy) is 2. The second kappa shape index (κ2) is 10.2. The van der Waals surface area contributed by atoms with Gasteiger partial charge in [0.15, 0.2) is 0 Å². The molecule has 0 aliphatic rings. The average Bonchev–Trinajstić information content (AvgIpc) is 2.91. The molecule has 4 aromatic rings. The van der Waals surface area contributed by atoms with Crippen molar-refractivity contribution >= 4 is 40.1 Å². The zero-order valence-electron chi connectivity index (χ0n) is 20.0. The average molecular weight is 502 g/mol. The number of anilines is 2. The minimum atomic E-state index is -1.22. The number of aromatic carboxylic acids is 1. The van der Waals surface area contributed by atoms with Gasteiger partial charge in [0.2, 0.25) is 5.88 Å². The lowest BCUT2D eigenvalue weighted by Crippen LogP contribution is -2.19. The number of carboxylic acid groups (broad SMARTS) is 1. The Labute approximate surface area is 210 Å². The summed E-state index contributed by atoms with van der Waals surface area (Å²) in [5.41, 5.74) is 8.02. The van der Waals surface area contributed by atoms with Crippen LogP contribution in [0.2, 0.25) is 0 Å². The van der Waals surface area contributed by atoms with Crippen LogP contribution in [0, 0.1) is 0 Å². The standard InChI is InChI=1S/C25H22N6O6/c1-27-22(33)13-6-14(24(34)35)8-15(7-13)30-20-16-5-4-12(9-19(16)28-11-18(20)21(26)32)17-10-29-25(37-3)31-23(17)36-2/h4-11H,1-3H3,(H2,26,32)(H,27,33)(H,28,30)(H,34,35). The molecule has 37 heavy (non-hydrogen) atoms. The first-order valence-corrected chi connectivity index (χ1v) is 10.8. The van der Waals surface area contributed by atoms with Crippen LogP contribution in [0.25, 0.3) is 22.0 Å². The fourth-order valence-electron chi connectivity index (χ4n) is 3.73. The molecule has 5 N–H and O–H groups in total. The molecule has 2 amide bonds. The molecule has 188 valence electrons. The van der Waals surface area contributed by atoms with E-state index < -0.39 is 17.8 Å². The summed E-state index contributed by atoms with van der Waals surface area (Å²) in [7, 11) is 4.36. The van der Waals surface area contributed by atoms with E-state index >= 15 is 0 Å². The number of carbonyl (C=O) groups excluding carboxylic acids is 2. The molecular formula is C25H22N6O6. The van der Waals surface area contributed by atoms with Crippen LogP contribution in [-0.4, -0.2) is 59.1 Å². The number of pyridine rings is 1. The van der Waals surface area contributed by atoms with Gasteiger partial charge in [-0.3, -0.25) is 14.6 Å². The molecule has 2 aromatic carbocycles. The van der Waals surface area contributed by atoms with E-state index in [2.05, 4.69) is 25.6 Å². The molecular weight excluding hydrogens is 480 g/mol. The lowest BCUT2D eigenvalue weighted by molar-refractivity contribution is 0.0696. The van der Waals surface area contributed by atoms with Gasteiger partial charge in [0.1, 0.15) is 0 Å². The SMILES string of the molecule is CNC(=O)c1cc(Nc2c(C(N)=O)cnc3cc(-c4cnc(OC)nc4OC)ccc23)cc(C(=O)O)c1. The first kappa shape index (κ1) is 24.9. The van der Waals surface area contributed by atoms with Crippen molar-refractivity contribution in [2.24, 2.45) is 5.73 Å². The quantitative estimate of drug-likeness (QED) is 0.280. The topological polar surface area (TPSA) is 179 Å². The Morgan fingerprint density at radius 2 is 1.73 bits per heavy atom. The fourth-order valence-corrected chi connectivity index (χ4v) is 3.73. The van der Waals surface area contributed by atoms with Crippen LogP contribution in [0.3, 0.4) is 0 Å². The predicted molar refractivity (Wildman–Crippen MR) is 134 cm³/mol. The largest absolute Gasteiger partial charge is 0.480 e. The van der Waals surface area contributed by atoms with Crippen molar-refractivity contribution in [3.8, 4) is 23.0 Å². The summed E-state index contributed by atoms with van der Waals surface area (Å²) < 4.78 is 10.4. The summed E-state index contributed by atoms with van der Waals surface area (Å²) >= 11 is 0. The molecule has 4 rings (SSSR count). The number of methoxy groups -OCH3 is 2. The second-order valence-corrected chi connectivity index (χ2v) is 7.73. The number of amides is 2. The van der Waals surface area contributed by atoms with Gasteiger partial charge in [-0.1, -0.05) is 12.1 Å². The Balaban J connectivity index is 1.86. The number of primary amides is 1. The molecule has 0 unspecified atom stereocenters. The first-order valence-electron chi connectivity index (χ1n) is 10.8. The van der Waals surface area contributed by atoms with Crippen molar-refractivity contribution in [1.29, 1.82) is 0 Å². The molecule has 0 aliphatic heterocycles. The smallest absolute Gasteiger partial charge is 0.335 e. The molecule has 0 saturated carbocycles. The third-order valence-electron chi connectivity index (χ3n) is 5.49. The highest BCUT2D eigenvalue weighted by atomic mass is 16.5. The van der Waals surface area contributed by atoms with Crippen LogP contribution in [0.15, 0.2) is 48.8 Å². The number of nitrogens with one attached hydrogen (secondary N) is 2. The number of hydrogen-bond donors (Lipinski definition) is 4. The van der Waals surface area contributed by atoms with Crippen LogP contribution in [0.5, 0.6) is 11.9 Å². The first-order chi connectivity index (χ1) is 17.7. The third-order valence-corrected chi connectivity index (χ3v) is 5.49. The van der Waals surface area contributed by atoms with Gasteiger partial charge in [0.25, 0.3) is 11.8 Å². The van der Waals surface area contributed by atoms with Crippen LogP contribution < -0.4 is 25.8 Å². The van der Waals surface area contributed by atoms with E-state index in [1.54, 1.807) is 24.4 Å². The van der Waals surface area contributed by atoms with Gasteiger partial charge >= 0.3 is 12.0 Å². The van der Waals surface area contributed by atoms with Gasteiger partial charge < -0.3 is 30.9 Å². The minimum Gasteiger partial charge on any atom is -0.480 e. The Morgan fingerprint density at radius 3 is 2.38 bits per heavy atom. The summed E-state index contributed by atoms with van der Waals surface area (Å²) in [6.45, 7) is 0. The second-order valence-electron chi connectivity index (χ2n) is 7.73. The lowest BCUT2D eigenvalue weighted by atomic mass is 10.0. The van der Waals surface area contributed by atoms with Crippen molar-refractivity contribution in [3.05, 3.63) is 65.5 Å². The molecule has 0 fully saturated rings. The van der Waals surface area contributed by atoms with Gasteiger partial charge in [-0.05, 0) is 29.8 Å². The Bertz CT molecular complexity index is 1550. The number of aromatic nitrogens is 3. The number of rotatable bonds is 8. The summed E-state index contributed by atoms with van der Waals surface area (Å²) in [4.78, 5) is 48.8. The van der Waals surface area contributed by atoms with Crippen LogP contribution >= 0.6 is 0 Å². The van der Waals surface area contributed by atoms with Gasteiger partial charge in [-0.25, -0.2) is 9.78 Å². The van der Waals surface area contributed by atoms with Crippen molar-refractivity contribution in [2.45, 2.75) is 0 Å². The predicted octanol–water partition coefficient (Wildman–Crippen LogP) is 2.61. The monoisotopic (exact) mass is 502 g/mol. The van der Waals surface area contributed by atoms with Crippen LogP contribution in [0.1, 0.15) is 31.1 Å².